The van der Waals surface area contributed by atoms with Crippen LogP contribution in [-0.2, 0) is 6.54 Å². The van der Waals surface area contributed by atoms with Gasteiger partial charge >= 0.3 is 0 Å². The zero-order valence-corrected chi connectivity index (χ0v) is 13.8. The van der Waals surface area contributed by atoms with E-state index in [0.717, 1.165) is 6.07 Å². The quantitative estimate of drug-likeness (QED) is 0.636. The van der Waals surface area contributed by atoms with Gasteiger partial charge < -0.3 is 15.2 Å². The van der Waals surface area contributed by atoms with Gasteiger partial charge in [-0.1, -0.05) is 24.3 Å². The maximum Gasteiger partial charge on any atom is 0.255 e. The van der Waals surface area contributed by atoms with Crippen LogP contribution < -0.4 is 10.1 Å². The standard InChI is InChI=1S/C19H14FN3O3/c1-26-17-7-6-15(20)8-16(17)19(25)23-11-12-2-4-13(5-3-12)18(24)14(9-21)10-22/h2-8,24H,11H2,1H3,(H,23,25). The zero-order chi connectivity index (χ0) is 19.1. The van der Waals surface area contributed by atoms with Gasteiger partial charge in [0.2, 0.25) is 0 Å². The molecular formula is C19H14FN3O3. The summed E-state index contributed by atoms with van der Waals surface area (Å²) in [6, 6.07) is 13.2. The van der Waals surface area contributed by atoms with Crippen LogP contribution in [0.1, 0.15) is 21.5 Å². The first-order valence-electron chi connectivity index (χ1n) is 7.44. The second kappa shape index (κ2) is 8.32. The number of nitriles is 2. The molecule has 2 aromatic carbocycles. The van der Waals surface area contributed by atoms with E-state index in [1.54, 1.807) is 24.3 Å². The number of benzene rings is 2. The average molecular weight is 351 g/mol. The topological polar surface area (TPSA) is 106 Å². The van der Waals surface area contributed by atoms with E-state index in [9.17, 15) is 14.3 Å². The lowest BCUT2D eigenvalue weighted by molar-refractivity contribution is 0.0947. The van der Waals surface area contributed by atoms with E-state index in [1.165, 1.54) is 31.4 Å². The fraction of sp³-hybridized carbons (Fsp3) is 0.105. The Morgan fingerprint density at radius 1 is 1.19 bits per heavy atom. The molecule has 7 heteroatoms. The van der Waals surface area contributed by atoms with Crippen LogP contribution in [0.5, 0.6) is 5.75 Å². The Labute approximate surface area is 149 Å². The van der Waals surface area contributed by atoms with Gasteiger partial charge in [0.05, 0.1) is 12.7 Å². The first kappa shape index (κ1) is 18.5. The molecule has 0 radical (unpaired) electrons. The number of nitrogens with one attached hydrogen (secondary N) is 1. The molecule has 130 valence electrons. The summed E-state index contributed by atoms with van der Waals surface area (Å²) in [6.45, 7) is 0.159. The largest absolute Gasteiger partial charge is 0.505 e. The van der Waals surface area contributed by atoms with Gasteiger partial charge in [-0.2, -0.15) is 10.5 Å². The molecule has 0 aliphatic carbocycles. The lowest BCUT2D eigenvalue weighted by Gasteiger charge is -2.10. The molecule has 0 fully saturated rings. The van der Waals surface area contributed by atoms with E-state index >= 15 is 0 Å². The van der Waals surface area contributed by atoms with Gasteiger partial charge in [0, 0.05) is 12.1 Å². The Bertz CT molecular complexity index is 922. The van der Waals surface area contributed by atoms with Crippen LogP contribution in [-0.4, -0.2) is 18.1 Å². The zero-order valence-electron chi connectivity index (χ0n) is 13.8. The molecule has 0 aliphatic rings. The predicted molar refractivity (Wildman–Crippen MR) is 91.3 cm³/mol. The maximum absolute atomic E-state index is 13.3. The number of aliphatic hydroxyl groups is 1. The lowest BCUT2D eigenvalue weighted by atomic mass is 10.1. The average Bonchev–Trinajstić information content (AvgIpc) is 2.67. The number of carbonyl (C=O) groups is 1. The molecule has 26 heavy (non-hydrogen) atoms. The number of ether oxygens (including phenoxy) is 1. The van der Waals surface area contributed by atoms with Crippen molar-refractivity contribution in [3.63, 3.8) is 0 Å². The summed E-state index contributed by atoms with van der Waals surface area (Å²) in [7, 11) is 1.39. The monoisotopic (exact) mass is 351 g/mol. The number of methoxy groups -OCH3 is 1. The SMILES string of the molecule is COc1ccc(F)cc1C(=O)NCc1ccc(C(O)=C(C#N)C#N)cc1. The van der Waals surface area contributed by atoms with Crippen molar-refractivity contribution < 1.29 is 19.0 Å². The molecule has 2 aromatic rings. The molecule has 6 nitrogen and oxygen atoms in total. The Kier molecular flexibility index (Phi) is 5.92. The Morgan fingerprint density at radius 3 is 2.42 bits per heavy atom. The van der Waals surface area contributed by atoms with E-state index in [2.05, 4.69) is 5.32 Å². The first-order chi connectivity index (χ1) is 12.5. The summed E-state index contributed by atoms with van der Waals surface area (Å²) in [5, 5.41) is 30.0. The molecule has 0 heterocycles. The predicted octanol–water partition coefficient (Wildman–Crippen LogP) is 3.08. The van der Waals surface area contributed by atoms with Crippen LogP contribution in [0.2, 0.25) is 0 Å². The molecule has 0 saturated carbocycles. The van der Waals surface area contributed by atoms with E-state index in [4.69, 9.17) is 15.3 Å². The fourth-order valence-corrected chi connectivity index (χ4v) is 2.19. The van der Waals surface area contributed by atoms with E-state index in [0.29, 0.717) is 11.1 Å². The van der Waals surface area contributed by atoms with Gasteiger partial charge in [0.25, 0.3) is 5.91 Å². The minimum atomic E-state index is -0.548. The third-order valence-corrected chi connectivity index (χ3v) is 3.55. The van der Waals surface area contributed by atoms with Crippen LogP contribution in [0.25, 0.3) is 5.76 Å². The number of allylic oxidation sites excluding steroid dienone is 1. The van der Waals surface area contributed by atoms with Crippen molar-refractivity contribution in [3.8, 4) is 17.9 Å². The van der Waals surface area contributed by atoms with Gasteiger partial charge in [-0.05, 0) is 23.8 Å². The maximum atomic E-state index is 13.3. The number of aliphatic hydroxyl groups excluding tert-OH is 1. The third kappa shape index (κ3) is 4.16. The third-order valence-electron chi connectivity index (χ3n) is 3.55. The molecule has 0 aromatic heterocycles. The van der Waals surface area contributed by atoms with Gasteiger partial charge in [0.1, 0.15) is 23.7 Å². The molecule has 0 bridgehead atoms. The first-order valence-corrected chi connectivity index (χ1v) is 7.44. The van der Waals surface area contributed by atoms with Gasteiger partial charge in [-0.15, -0.1) is 0 Å². The highest BCUT2D eigenvalue weighted by Crippen LogP contribution is 2.20. The normalized spacial score (nSPS) is 9.54. The van der Waals surface area contributed by atoms with Crippen LogP contribution >= 0.6 is 0 Å². The highest BCUT2D eigenvalue weighted by Gasteiger charge is 2.13. The summed E-state index contributed by atoms with van der Waals surface area (Å²) in [5.41, 5.74) is 0.715. The van der Waals surface area contributed by atoms with Crippen molar-refractivity contribution in [3.05, 3.63) is 70.5 Å². The van der Waals surface area contributed by atoms with Gasteiger partial charge in [0.15, 0.2) is 11.3 Å². The van der Waals surface area contributed by atoms with Crippen molar-refractivity contribution in [1.82, 2.24) is 5.32 Å². The molecule has 0 atom stereocenters. The van der Waals surface area contributed by atoms with Crippen molar-refractivity contribution in [2.24, 2.45) is 0 Å². The van der Waals surface area contributed by atoms with Crippen LogP contribution in [0, 0.1) is 28.5 Å². The second-order valence-electron chi connectivity index (χ2n) is 5.17. The number of halogens is 1. The molecule has 0 aliphatic heterocycles. The minimum absolute atomic E-state index is 0.0809. The number of carbonyl (C=O) groups excluding carboxylic acids is 1. The van der Waals surface area contributed by atoms with Crippen LogP contribution in [0.15, 0.2) is 48.0 Å². The molecule has 2 rings (SSSR count). The number of nitrogens with zero attached hydrogens (tertiary/aromatic N) is 2. The molecule has 1 amide bonds. The summed E-state index contributed by atoms with van der Waals surface area (Å²) < 4.78 is 18.4. The Hall–Kier alpha value is -3.84. The number of hydrogen-bond acceptors (Lipinski definition) is 5. The highest BCUT2D eigenvalue weighted by atomic mass is 19.1. The summed E-state index contributed by atoms with van der Waals surface area (Å²) >= 11 is 0. The van der Waals surface area contributed by atoms with Gasteiger partial charge in [-0.3, -0.25) is 4.79 Å². The molecular weight excluding hydrogens is 337 g/mol. The highest BCUT2D eigenvalue weighted by molar-refractivity contribution is 5.96. The van der Waals surface area contributed by atoms with Crippen molar-refractivity contribution >= 4 is 11.7 Å². The number of rotatable bonds is 5. The second-order valence-corrected chi connectivity index (χ2v) is 5.17. The minimum Gasteiger partial charge on any atom is -0.505 e. The number of hydrogen-bond donors (Lipinski definition) is 2. The Morgan fingerprint density at radius 2 is 1.85 bits per heavy atom. The Balaban J connectivity index is 2.11. The van der Waals surface area contributed by atoms with E-state index in [-0.39, 0.29) is 23.4 Å². The van der Waals surface area contributed by atoms with E-state index in [1.807, 2.05) is 0 Å². The van der Waals surface area contributed by atoms with Crippen LogP contribution in [0.3, 0.4) is 0 Å². The van der Waals surface area contributed by atoms with Crippen molar-refractivity contribution in [2.45, 2.75) is 6.54 Å². The van der Waals surface area contributed by atoms with Crippen molar-refractivity contribution in [1.29, 1.82) is 10.5 Å². The summed E-state index contributed by atoms with van der Waals surface area (Å²) in [5.74, 6) is -1.19. The molecule has 2 N–H and O–H groups in total. The number of amides is 1. The molecule has 0 saturated heterocycles. The smallest absolute Gasteiger partial charge is 0.255 e. The summed E-state index contributed by atoms with van der Waals surface area (Å²) in [6.07, 6.45) is 0. The molecule has 0 unspecified atom stereocenters. The lowest BCUT2D eigenvalue weighted by Crippen LogP contribution is -2.23. The van der Waals surface area contributed by atoms with E-state index < -0.39 is 17.5 Å². The van der Waals surface area contributed by atoms with Gasteiger partial charge in [-0.25, -0.2) is 4.39 Å². The summed E-state index contributed by atoms with van der Waals surface area (Å²) in [4.78, 5) is 12.2. The molecule has 0 spiro atoms. The van der Waals surface area contributed by atoms with Crippen molar-refractivity contribution in [2.75, 3.05) is 7.11 Å². The fourth-order valence-electron chi connectivity index (χ4n) is 2.19. The van der Waals surface area contributed by atoms with Crippen LogP contribution in [0.4, 0.5) is 4.39 Å².